The van der Waals surface area contributed by atoms with Crippen molar-refractivity contribution in [1.82, 2.24) is 14.8 Å². The van der Waals surface area contributed by atoms with Gasteiger partial charge in [-0.15, -0.1) is 0 Å². The topological polar surface area (TPSA) is 73.0 Å². The Morgan fingerprint density at radius 3 is 2.77 bits per heavy atom. The van der Waals surface area contributed by atoms with Crippen LogP contribution in [0.2, 0.25) is 0 Å². The first-order valence-electron chi connectivity index (χ1n) is 7.37. The molecule has 0 aliphatic rings. The summed E-state index contributed by atoms with van der Waals surface area (Å²) in [6, 6.07) is 2.05. The lowest BCUT2D eigenvalue weighted by atomic mass is 10.3. The fraction of sp³-hybridized carbons (Fsp3) is 0.533. The normalized spacial score (nSPS) is 13.9. The number of carbonyl (C=O) groups is 1. The summed E-state index contributed by atoms with van der Waals surface area (Å²) >= 11 is 1.31. The highest BCUT2D eigenvalue weighted by molar-refractivity contribution is 8.00. The molecule has 0 unspecified atom stereocenters. The van der Waals surface area contributed by atoms with Gasteiger partial charge >= 0.3 is 0 Å². The molecule has 0 aromatic carbocycles. The number of aryl methyl sites for hydroxylation is 2. The minimum atomic E-state index is -0.308. The van der Waals surface area contributed by atoms with Gasteiger partial charge in [0.2, 0.25) is 5.91 Å². The SMILES string of the molecule is CC[C@H](C)n1nccc1NC(=O)[C@H](C)Sc1nc(C)c(C)o1. The van der Waals surface area contributed by atoms with Crippen LogP contribution in [-0.2, 0) is 4.79 Å². The predicted octanol–water partition coefficient (Wildman–Crippen LogP) is 3.58. The molecule has 0 saturated carbocycles. The van der Waals surface area contributed by atoms with Gasteiger partial charge in [-0.1, -0.05) is 18.7 Å². The number of anilines is 1. The third-order valence-corrected chi connectivity index (χ3v) is 4.53. The van der Waals surface area contributed by atoms with Crippen molar-refractivity contribution >= 4 is 23.5 Å². The number of nitrogens with zero attached hydrogens (tertiary/aromatic N) is 3. The first-order chi connectivity index (χ1) is 10.4. The van der Waals surface area contributed by atoms with E-state index in [1.807, 2.05) is 25.5 Å². The van der Waals surface area contributed by atoms with Crippen LogP contribution in [0.5, 0.6) is 0 Å². The van der Waals surface area contributed by atoms with Crippen LogP contribution in [0.3, 0.4) is 0 Å². The van der Waals surface area contributed by atoms with Crippen LogP contribution in [0.1, 0.15) is 44.7 Å². The van der Waals surface area contributed by atoms with Crippen molar-refractivity contribution in [3.8, 4) is 0 Å². The number of hydrogen-bond acceptors (Lipinski definition) is 5. The van der Waals surface area contributed by atoms with Crippen LogP contribution in [0.25, 0.3) is 0 Å². The first-order valence-corrected chi connectivity index (χ1v) is 8.25. The van der Waals surface area contributed by atoms with Crippen LogP contribution >= 0.6 is 11.8 Å². The Bertz CT molecular complexity index is 630. The predicted molar refractivity (Wildman–Crippen MR) is 87.2 cm³/mol. The number of amides is 1. The Labute approximate surface area is 134 Å². The zero-order chi connectivity index (χ0) is 16.3. The summed E-state index contributed by atoms with van der Waals surface area (Å²) < 4.78 is 7.33. The lowest BCUT2D eigenvalue weighted by Gasteiger charge is -2.15. The molecule has 6 nitrogen and oxygen atoms in total. The van der Waals surface area contributed by atoms with Crippen molar-refractivity contribution in [3.63, 3.8) is 0 Å². The second kappa shape index (κ2) is 7.00. The molecule has 0 aliphatic carbocycles. The van der Waals surface area contributed by atoms with Gasteiger partial charge in [0.15, 0.2) is 0 Å². The Hall–Kier alpha value is -1.76. The summed E-state index contributed by atoms with van der Waals surface area (Å²) in [5, 5.41) is 7.39. The maximum Gasteiger partial charge on any atom is 0.256 e. The van der Waals surface area contributed by atoms with E-state index in [4.69, 9.17) is 4.42 Å². The van der Waals surface area contributed by atoms with Crippen LogP contribution in [-0.4, -0.2) is 25.9 Å². The number of nitrogens with one attached hydrogen (secondary N) is 1. The van der Waals surface area contributed by atoms with Gasteiger partial charge in [0.25, 0.3) is 5.22 Å². The number of hydrogen-bond donors (Lipinski definition) is 1. The van der Waals surface area contributed by atoms with Crippen molar-refractivity contribution < 1.29 is 9.21 Å². The van der Waals surface area contributed by atoms with Crippen LogP contribution in [0, 0.1) is 13.8 Å². The molecule has 0 fully saturated rings. The van der Waals surface area contributed by atoms with Crippen LogP contribution in [0.15, 0.2) is 21.9 Å². The largest absolute Gasteiger partial charge is 0.437 e. The number of oxazole rings is 1. The van der Waals surface area contributed by atoms with E-state index >= 15 is 0 Å². The van der Waals surface area contributed by atoms with E-state index in [-0.39, 0.29) is 17.2 Å². The highest BCUT2D eigenvalue weighted by Gasteiger charge is 2.20. The van der Waals surface area contributed by atoms with Crippen molar-refractivity contribution in [2.24, 2.45) is 0 Å². The molecule has 0 saturated heterocycles. The highest BCUT2D eigenvalue weighted by atomic mass is 32.2. The molecule has 2 aromatic heterocycles. The van der Waals surface area contributed by atoms with E-state index in [1.165, 1.54) is 11.8 Å². The van der Waals surface area contributed by atoms with Gasteiger partial charge in [0.05, 0.1) is 23.2 Å². The highest BCUT2D eigenvalue weighted by Crippen LogP contribution is 2.25. The van der Waals surface area contributed by atoms with E-state index in [2.05, 4.69) is 29.2 Å². The van der Waals surface area contributed by atoms with E-state index in [0.717, 1.165) is 17.9 Å². The van der Waals surface area contributed by atoms with Crippen LogP contribution < -0.4 is 5.32 Å². The molecular weight excluding hydrogens is 300 g/mol. The summed E-state index contributed by atoms with van der Waals surface area (Å²) in [5.41, 5.74) is 0.852. The van der Waals surface area contributed by atoms with Gasteiger partial charge in [-0.25, -0.2) is 9.67 Å². The Morgan fingerprint density at radius 2 is 2.18 bits per heavy atom. The Morgan fingerprint density at radius 1 is 1.45 bits per heavy atom. The van der Waals surface area contributed by atoms with Crippen molar-refractivity contribution in [3.05, 3.63) is 23.7 Å². The lowest BCUT2D eigenvalue weighted by molar-refractivity contribution is -0.115. The second-order valence-corrected chi connectivity index (χ2v) is 6.58. The monoisotopic (exact) mass is 322 g/mol. The van der Waals surface area contributed by atoms with E-state index in [1.54, 1.807) is 12.3 Å². The smallest absolute Gasteiger partial charge is 0.256 e. The first kappa shape index (κ1) is 16.6. The molecule has 7 heteroatoms. The fourth-order valence-corrected chi connectivity index (χ4v) is 2.69. The molecule has 22 heavy (non-hydrogen) atoms. The second-order valence-electron chi connectivity index (χ2n) is 5.29. The van der Waals surface area contributed by atoms with Crippen molar-refractivity contribution in [2.45, 2.75) is 57.6 Å². The minimum absolute atomic E-state index is 0.0939. The van der Waals surface area contributed by atoms with Crippen LogP contribution in [0.4, 0.5) is 5.82 Å². The molecule has 0 bridgehead atoms. The maximum absolute atomic E-state index is 12.3. The molecule has 0 spiro atoms. The summed E-state index contributed by atoms with van der Waals surface area (Å²) in [6.07, 6.45) is 2.64. The number of carbonyl (C=O) groups excluding carboxylic acids is 1. The standard InChI is InChI=1S/C15H22N4O2S/c1-6-9(2)19-13(7-8-16-19)18-14(20)12(5)22-15-17-10(3)11(4)21-15/h7-9,12H,6H2,1-5H3,(H,18,20)/t9-,12-/m0/s1. The van der Waals surface area contributed by atoms with Gasteiger partial charge in [0, 0.05) is 6.07 Å². The van der Waals surface area contributed by atoms with E-state index < -0.39 is 0 Å². The molecule has 2 heterocycles. The van der Waals surface area contributed by atoms with Gasteiger partial charge in [-0.2, -0.15) is 5.10 Å². The zero-order valence-corrected chi connectivity index (χ0v) is 14.4. The van der Waals surface area contributed by atoms with Gasteiger partial charge in [-0.05, 0) is 34.1 Å². The number of thioether (sulfide) groups is 1. The molecule has 2 atom stereocenters. The van der Waals surface area contributed by atoms with Gasteiger partial charge in [0.1, 0.15) is 11.6 Å². The number of rotatable bonds is 6. The molecule has 120 valence electrons. The van der Waals surface area contributed by atoms with E-state index in [9.17, 15) is 4.79 Å². The molecule has 2 aromatic rings. The Balaban J connectivity index is 2.01. The van der Waals surface area contributed by atoms with E-state index in [0.29, 0.717) is 11.0 Å². The minimum Gasteiger partial charge on any atom is -0.437 e. The van der Waals surface area contributed by atoms with Gasteiger partial charge in [-0.3, -0.25) is 4.79 Å². The fourth-order valence-electron chi connectivity index (χ4n) is 1.86. The zero-order valence-electron chi connectivity index (χ0n) is 13.6. The van der Waals surface area contributed by atoms with Gasteiger partial charge < -0.3 is 9.73 Å². The lowest BCUT2D eigenvalue weighted by Crippen LogP contribution is -2.24. The third kappa shape index (κ3) is 3.71. The van der Waals surface area contributed by atoms with Crippen molar-refractivity contribution in [2.75, 3.05) is 5.32 Å². The average Bonchev–Trinajstić information content (AvgIpc) is 3.05. The summed E-state index contributed by atoms with van der Waals surface area (Å²) in [4.78, 5) is 16.6. The molecule has 2 rings (SSSR count). The molecule has 0 radical (unpaired) electrons. The third-order valence-electron chi connectivity index (χ3n) is 3.59. The van der Waals surface area contributed by atoms with Crippen molar-refractivity contribution in [1.29, 1.82) is 0 Å². The number of aromatic nitrogens is 3. The summed E-state index contributed by atoms with van der Waals surface area (Å²) in [7, 11) is 0. The average molecular weight is 322 g/mol. The molecule has 0 aliphatic heterocycles. The molecule has 1 amide bonds. The summed E-state index contributed by atoms with van der Waals surface area (Å²) in [6.45, 7) is 9.74. The molecular formula is C15H22N4O2S. The quantitative estimate of drug-likeness (QED) is 0.823. The Kier molecular flexibility index (Phi) is 5.28. The summed E-state index contributed by atoms with van der Waals surface area (Å²) in [5.74, 6) is 1.40. The maximum atomic E-state index is 12.3. The molecule has 1 N–H and O–H groups in total.